The van der Waals surface area contributed by atoms with Gasteiger partial charge in [-0.2, -0.15) is 4.31 Å². The van der Waals surface area contributed by atoms with Crippen molar-refractivity contribution in [1.82, 2.24) is 9.62 Å². The van der Waals surface area contributed by atoms with Gasteiger partial charge in [0, 0.05) is 25.7 Å². The van der Waals surface area contributed by atoms with Crippen molar-refractivity contribution in [1.29, 1.82) is 0 Å². The smallest absolute Gasteiger partial charge is 0.305 e. The third-order valence-electron chi connectivity index (χ3n) is 3.40. The molecule has 0 saturated carbocycles. The summed E-state index contributed by atoms with van der Waals surface area (Å²) >= 11 is 0. The number of nitrogens with zero attached hydrogens (tertiary/aromatic N) is 1. The normalized spacial score (nSPS) is 15.9. The van der Waals surface area contributed by atoms with Crippen molar-refractivity contribution < 1.29 is 27.5 Å². The first-order valence-corrected chi connectivity index (χ1v) is 8.37. The highest BCUT2D eigenvalue weighted by atomic mass is 32.2. The lowest BCUT2D eigenvalue weighted by atomic mass is 10.4. The molecule has 8 nitrogen and oxygen atoms in total. The topological polar surface area (TPSA) is 117 Å². The maximum atomic E-state index is 12.5. The van der Waals surface area contributed by atoms with Gasteiger partial charge in [0.25, 0.3) is 5.91 Å². The van der Waals surface area contributed by atoms with E-state index in [4.69, 9.17) is 9.52 Å². The van der Waals surface area contributed by atoms with Crippen LogP contribution in [0.4, 0.5) is 0 Å². The maximum Gasteiger partial charge on any atom is 0.305 e. The molecule has 22 heavy (non-hydrogen) atoms. The van der Waals surface area contributed by atoms with Crippen molar-refractivity contribution in [2.24, 2.45) is 0 Å². The molecule has 9 heteroatoms. The fourth-order valence-corrected chi connectivity index (χ4v) is 3.95. The minimum absolute atomic E-state index is 0.0159. The number of carbonyl (C=O) groups is 2. The van der Waals surface area contributed by atoms with Crippen molar-refractivity contribution in [3.63, 3.8) is 0 Å². The Labute approximate surface area is 128 Å². The fraction of sp³-hybridized carbons (Fsp3) is 0.538. The van der Waals surface area contributed by atoms with Gasteiger partial charge in [0.05, 0.1) is 6.42 Å². The van der Waals surface area contributed by atoms with Crippen LogP contribution >= 0.6 is 0 Å². The third-order valence-corrected chi connectivity index (χ3v) is 5.41. The Balaban J connectivity index is 2.14. The molecule has 0 unspecified atom stereocenters. The van der Waals surface area contributed by atoms with Crippen LogP contribution in [0.3, 0.4) is 0 Å². The van der Waals surface area contributed by atoms with E-state index in [1.807, 2.05) is 0 Å². The zero-order valence-electron chi connectivity index (χ0n) is 12.2. The molecule has 122 valence electrons. The van der Waals surface area contributed by atoms with Gasteiger partial charge in [-0.3, -0.25) is 9.59 Å². The zero-order chi connectivity index (χ0) is 16.3. The summed E-state index contributed by atoms with van der Waals surface area (Å²) in [7, 11) is -3.65. The quantitative estimate of drug-likeness (QED) is 0.788. The minimum Gasteiger partial charge on any atom is -0.481 e. The van der Waals surface area contributed by atoms with E-state index in [1.165, 1.54) is 17.3 Å². The second-order valence-corrected chi connectivity index (χ2v) is 6.95. The third kappa shape index (κ3) is 3.47. The van der Waals surface area contributed by atoms with E-state index in [2.05, 4.69) is 5.32 Å². The number of aliphatic carboxylic acids is 1. The number of sulfonamides is 1. The van der Waals surface area contributed by atoms with Crippen molar-refractivity contribution in [3.05, 3.63) is 17.6 Å². The highest BCUT2D eigenvalue weighted by Gasteiger charge is 2.31. The molecule has 1 aromatic rings. The van der Waals surface area contributed by atoms with Crippen LogP contribution in [0.25, 0.3) is 0 Å². The molecule has 1 aromatic heterocycles. The van der Waals surface area contributed by atoms with Crippen LogP contribution < -0.4 is 5.32 Å². The van der Waals surface area contributed by atoms with E-state index in [1.54, 1.807) is 0 Å². The molecule has 1 aliphatic rings. The van der Waals surface area contributed by atoms with Gasteiger partial charge in [-0.15, -0.1) is 0 Å². The first-order valence-electron chi connectivity index (χ1n) is 6.93. The average Bonchev–Trinajstić information content (AvgIpc) is 3.07. The molecule has 0 atom stereocenters. The number of nitrogens with one attached hydrogen (secondary N) is 1. The molecule has 0 bridgehead atoms. The summed E-state index contributed by atoms with van der Waals surface area (Å²) in [5, 5.41) is 10.9. The van der Waals surface area contributed by atoms with E-state index in [0.29, 0.717) is 13.1 Å². The largest absolute Gasteiger partial charge is 0.481 e. The van der Waals surface area contributed by atoms with E-state index >= 15 is 0 Å². The molecule has 1 aliphatic heterocycles. The van der Waals surface area contributed by atoms with Crippen LogP contribution in [-0.2, 0) is 14.8 Å². The number of hydrogen-bond donors (Lipinski definition) is 2. The molecule has 2 N–H and O–H groups in total. The Kier molecular flexibility index (Phi) is 4.87. The molecule has 0 spiro atoms. The van der Waals surface area contributed by atoms with E-state index in [9.17, 15) is 18.0 Å². The Morgan fingerprint density at radius 2 is 2.00 bits per heavy atom. The number of furan rings is 1. The van der Waals surface area contributed by atoms with Crippen LogP contribution in [-0.4, -0.2) is 49.3 Å². The molecule has 0 aromatic carbocycles. The average molecular weight is 330 g/mol. The number of carbonyl (C=O) groups excluding carboxylic acids is 1. The lowest BCUT2D eigenvalue weighted by Crippen LogP contribution is -2.28. The highest BCUT2D eigenvalue weighted by Crippen LogP contribution is 2.26. The van der Waals surface area contributed by atoms with Gasteiger partial charge in [0.1, 0.15) is 10.7 Å². The van der Waals surface area contributed by atoms with Crippen LogP contribution in [0.1, 0.15) is 35.6 Å². The van der Waals surface area contributed by atoms with Gasteiger partial charge in [-0.25, -0.2) is 8.42 Å². The molecular formula is C13H18N2O6S. The minimum atomic E-state index is -3.65. The van der Waals surface area contributed by atoms with Crippen LogP contribution in [0, 0.1) is 6.92 Å². The molecule has 1 amide bonds. The second kappa shape index (κ2) is 6.49. The maximum absolute atomic E-state index is 12.5. The van der Waals surface area contributed by atoms with Crippen molar-refractivity contribution in [2.75, 3.05) is 19.6 Å². The van der Waals surface area contributed by atoms with Gasteiger partial charge < -0.3 is 14.8 Å². The van der Waals surface area contributed by atoms with Crippen LogP contribution in [0.5, 0.6) is 0 Å². The number of carboxylic acid groups (broad SMARTS) is 1. The summed E-state index contributed by atoms with van der Waals surface area (Å²) in [4.78, 5) is 22.2. The highest BCUT2D eigenvalue weighted by molar-refractivity contribution is 7.89. The summed E-state index contributed by atoms with van der Waals surface area (Å²) < 4.78 is 31.5. The van der Waals surface area contributed by atoms with Gasteiger partial charge in [-0.1, -0.05) is 0 Å². The van der Waals surface area contributed by atoms with Gasteiger partial charge in [0.15, 0.2) is 5.76 Å². The summed E-state index contributed by atoms with van der Waals surface area (Å²) in [5.41, 5.74) is 0. The van der Waals surface area contributed by atoms with Crippen molar-refractivity contribution in [2.45, 2.75) is 31.1 Å². The number of aryl methyl sites for hydroxylation is 1. The summed E-state index contributed by atoms with van der Waals surface area (Å²) in [6, 6.07) is 1.19. The molecule has 0 aliphatic carbocycles. The Bertz CT molecular complexity index is 673. The van der Waals surface area contributed by atoms with Gasteiger partial charge >= 0.3 is 5.97 Å². The number of carboxylic acids is 1. The molecule has 2 rings (SSSR count). The zero-order valence-corrected chi connectivity index (χ0v) is 13.0. The molecular weight excluding hydrogens is 312 g/mol. The van der Waals surface area contributed by atoms with Crippen molar-refractivity contribution >= 4 is 21.9 Å². The Morgan fingerprint density at radius 3 is 2.59 bits per heavy atom. The lowest BCUT2D eigenvalue weighted by molar-refractivity contribution is -0.136. The standard InChI is InChI=1S/C13H18N2O6S/c1-9-11(22(19,20)15-6-2-3-7-15)8-10(21-9)13(18)14-5-4-12(16)17/h8H,2-7H2,1H3,(H,14,18)(H,16,17). The number of rotatable bonds is 6. The van der Waals surface area contributed by atoms with E-state index in [0.717, 1.165) is 12.8 Å². The predicted octanol–water partition coefficient (Wildman–Crippen LogP) is 0.577. The van der Waals surface area contributed by atoms with Gasteiger partial charge in [0.2, 0.25) is 10.0 Å². The monoisotopic (exact) mass is 330 g/mol. The Hall–Kier alpha value is -1.87. The second-order valence-electron chi connectivity index (χ2n) is 5.04. The summed E-state index contributed by atoms with van der Waals surface area (Å²) in [5.74, 6) is -1.66. The first-order chi connectivity index (χ1) is 10.3. The lowest BCUT2D eigenvalue weighted by Gasteiger charge is -2.14. The number of hydrogen-bond acceptors (Lipinski definition) is 5. The molecule has 2 heterocycles. The molecule has 0 radical (unpaired) electrons. The fourth-order valence-electron chi connectivity index (χ4n) is 2.27. The predicted molar refractivity (Wildman–Crippen MR) is 76.0 cm³/mol. The molecule has 1 fully saturated rings. The first kappa shape index (κ1) is 16.5. The van der Waals surface area contributed by atoms with Crippen molar-refractivity contribution in [3.8, 4) is 0 Å². The molecule has 1 saturated heterocycles. The summed E-state index contributed by atoms with van der Waals surface area (Å²) in [6.45, 7) is 2.36. The summed E-state index contributed by atoms with van der Waals surface area (Å²) in [6.07, 6.45) is 1.42. The van der Waals surface area contributed by atoms with Gasteiger partial charge in [-0.05, 0) is 19.8 Å². The van der Waals surface area contributed by atoms with E-state index < -0.39 is 21.9 Å². The van der Waals surface area contributed by atoms with E-state index in [-0.39, 0.29) is 29.4 Å². The SMILES string of the molecule is Cc1oc(C(=O)NCCC(=O)O)cc1S(=O)(=O)N1CCCC1. The Morgan fingerprint density at radius 1 is 1.36 bits per heavy atom. The van der Waals surface area contributed by atoms with Crippen LogP contribution in [0.15, 0.2) is 15.4 Å². The number of amides is 1. The van der Waals surface area contributed by atoms with Crippen LogP contribution in [0.2, 0.25) is 0 Å².